The third-order valence-electron chi connectivity index (χ3n) is 2.27. The lowest BCUT2D eigenvalue weighted by Gasteiger charge is -2.12. The van der Waals surface area contributed by atoms with E-state index in [1.54, 1.807) is 31.2 Å². The highest BCUT2D eigenvalue weighted by atomic mass is 16.3. The van der Waals surface area contributed by atoms with Crippen molar-refractivity contribution in [3.05, 3.63) is 35.7 Å². The molecular formula is C10H11N5O2. The normalized spacial score (nSPS) is 12.1. The Morgan fingerprint density at radius 1 is 1.53 bits per heavy atom. The Bertz CT molecular complexity index is 511. The quantitative estimate of drug-likeness (QED) is 0.711. The second-order valence-corrected chi connectivity index (χ2v) is 3.53. The number of hydrogen-bond acceptors (Lipinski definition) is 5. The lowest BCUT2D eigenvalue weighted by atomic mass is 10.1. The lowest BCUT2D eigenvalue weighted by molar-refractivity contribution is 0.0929. The number of amides is 1. The summed E-state index contributed by atoms with van der Waals surface area (Å²) in [7, 11) is 0. The molecule has 0 bridgehead atoms. The summed E-state index contributed by atoms with van der Waals surface area (Å²) >= 11 is 0. The van der Waals surface area contributed by atoms with Crippen LogP contribution in [-0.2, 0) is 0 Å². The molecule has 1 aromatic heterocycles. The van der Waals surface area contributed by atoms with Gasteiger partial charge in [0.2, 0.25) is 0 Å². The Hall–Kier alpha value is -2.44. The van der Waals surface area contributed by atoms with Gasteiger partial charge in [-0.25, -0.2) is 0 Å². The van der Waals surface area contributed by atoms with Crippen molar-refractivity contribution in [2.75, 3.05) is 0 Å². The van der Waals surface area contributed by atoms with E-state index in [2.05, 4.69) is 25.9 Å². The van der Waals surface area contributed by atoms with Crippen LogP contribution in [0, 0.1) is 0 Å². The molecule has 0 saturated carbocycles. The Morgan fingerprint density at radius 3 is 3.00 bits per heavy atom. The molecule has 1 unspecified atom stereocenters. The van der Waals surface area contributed by atoms with Gasteiger partial charge in [0.15, 0.2) is 0 Å². The molecule has 0 aliphatic carbocycles. The molecule has 2 rings (SSSR count). The van der Waals surface area contributed by atoms with Gasteiger partial charge in [-0.2, -0.15) is 5.21 Å². The van der Waals surface area contributed by atoms with E-state index in [0.29, 0.717) is 0 Å². The molecule has 1 aromatic carbocycles. The first-order valence-corrected chi connectivity index (χ1v) is 5.00. The van der Waals surface area contributed by atoms with Crippen molar-refractivity contribution in [3.63, 3.8) is 0 Å². The monoisotopic (exact) mass is 233 g/mol. The highest BCUT2D eigenvalue weighted by molar-refractivity contribution is 5.90. The molecule has 2 aromatic rings. The van der Waals surface area contributed by atoms with Crippen LogP contribution in [-0.4, -0.2) is 31.6 Å². The molecule has 0 aliphatic rings. The Morgan fingerprint density at radius 2 is 2.35 bits per heavy atom. The van der Waals surface area contributed by atoms with Gasteiger partial charge in [0, 0.05) is 0 Å². The number of aromatic nitrogens is 4. The second kappa shape index (κ2) is 4.60. The van der Waals surface area contributed by atoms with Gasteiger partial charge in [0.1, 0.15) is 5.75 Å². The fourth-order valence-corrected chi connectivity index (χ4v) is 1.40. The summed E-state index contributed by atoms with van der Waals surface area (Å²) in [5, 5.41) is 24.7. The number of phenols is 1. The van der Waals surface area contributed by atoms with Crippen molar-refractivity contribution >= 4 is 5.91 Å². The van der Waals surface area contributed by atoms with E-state index in [0.717, 1.165) is 5.56 Å². The number of tetrazole rings is 1. The Balaban J connectivity index is 2.07. The van der Waals surface area contributed by atoms with Crippen LogP contribution < -0.4 is 5.32 Å². The van der Waals surface area contributed by atoms with Gasteiger partial charge < -0.3 is 10.4 Å². The zero-order chi connectivity index (χ0) is 12.3. The molecular weight excluding hydrogens is 222 g/mol. The summed E-state index contributed by atoms with van der Waals surface area (Å²) in [6.45, 7) is 1.80. The Labute approximate surface area is 96.9 Å². The maximum absolute atomic E-state index is 11.6. The van der Waals surface area contributed by atoms with Crippen molar-refractivity contribution < 1.29 is 9.90 Å². The summed E-state index contributed by atoms with van der Waals surface area (Å²) in [6, 6.07) is 6.41. The minimum absolute atomic E-state index is 0.0167. The van der Waals surface area contributed by atoms with Crippen LogP contribution in [0.1, 0.15) is 29.1 Å². The van der Waals surface area contributed by atoms with E-state index in [-0.39, 0.29) is 17.6 Å². The van der Waals surface area contributed by atoms with Crippen LogP contribution in [0.3, 0.4) is 0 Å². The minimum Gasteiger partial charge on any atom is -0.508 e. The highest BCUT2D eigenvalue weighted by Gasteiger charge is 2.14. The zero-order valence-electron chi connectivity index (χ0n) is 9.08. The van der Waals surface area contributed by atoms with Crippen molar-refractivity contribution in [2.45, 2.75) is 13.0 Å². The molecule has 1 amide bonds. The van der Waals surface area contributed by atoms with E-state index < -0.39 is 5.91 Å². The average molecular weight is 233 g/mol. The highest BCUT2D eigenvalue weighted by Crippen LogP contribution is 2.17. The number of nitrogens with zero attached hydrogens (tertiary/aromatic N) is 3. The minimum atomic E-state index is -0.422. The maximum atomic E-state index is 11.6. The van der Waals surface area contributed by atoms with Crippen molar-refractivity contribution in [1.29, 1.82) is 0 Å². The number of hydrogen-bond donors (Lipinski definition) is 3. The van der Waals surface area contributed by atoms with Crippen LogP contribution in [0.5, 0.6) is 5.75 Å². The van der Waals surface area contributed by atoms with Crippen LogP contribution in [0.15, 0.2) is 24.3 Å². The summed E-state index contributed by atoms with van der Waals surface area (Å²) < 4.78 is 0. The predicted molar refractivity (Wildman–Crippen MR) is 58.2 cm³/mol. The first-order valence-electron chi connectivity index (χ1n) is 5.00. The molecule has 7 nitrogen and oxygen atoms in total. The van der Waals surface area contributed by atoms with Gasteiger partial charge in [0.05, 0.1) is 6.04 Å². The van der Waals surface area contributed by atoms with E-state index in [4.69, 9.17) is 0 Å². The third-order valence-corrected chi connectivity index (χ3v) is 2.27. The predicted octanol–water partition coefficient (Wildman–Crippen LogP) is 0.396. The molecule has 0 aliphatic heterocycles. The third kappa shape index (κ3) is 2.57. The number of rotatable bonds is 3. The smallest absolute Gasteiger partial charge is 0.293 e. The summed E-state index contributed by atoms with van der Waals surface area (Å²) in [5.74, 6) is -0.283. The average Bonchev–Trinajstić information content (AvgIpc) is 2.82. The zero-order valence-corrected chi connectivity index (χ0v) is 9.08. The van der Waals surface area contributed by atoms with Gasteiger partial charge in [-0.15, -0.1) is 10.2 Å². The van der Waals surface area contributed by atoms with Crippen LogP contribution >= 0.6 is 0 Å². The van der Waals surface area contributed by atoms with E-state index >= 15 is 0 Å². The molecule has 0 spiro atoms. The van der Waals surface area contributed by atoms with Gasteiger partial charge in [-0.3, -0.25) is 4.79 Å². The number of aromatic hydroxyl groups is 1. The van der Waals surface area contributed by atoms with Gasteiger partial charge in [-0.05, 0) is 29.8 Å². The number of benzene rings is 1. The first-order chi connectivity index (χ1) is 8.16. The second-order valence-electron chi connectivity index (χ2n) is 3.53. The molecule has 3 N–H and O–H groups in total. The number of H-pyrrole nitrogens is 1. The number of nitrogens with one attached hydrogen (secondary N) is 2. The van der Waals surface area contributed by atoms with E-state index in [1.165, 1.54) is 0 Å². The van der Waals surface area contributed by atoms with Crippen LogP contribution in [0.25, 0.3) is 0 Å². The van der Waals surface area contributed by atoms with Gasteiger partial charge in [0.25, 0.3) is 11.7 Å². The fourth-order valence-electron chi connectivity index (χ4n) is 1.40. The lowest BCUT2D eigenvalue weighted by Crippen LogP contribution is -2.27. The summed E-state index contributed by atoms with van der Waals surface area (Å²) in [4.78, 5) is 11.6. The van der Waals surface area contributed by atoms with Crippen LogP contribution in [0.4, 0.5) is 0 Å². The number of aromatic amines is 1. The standard InChI is InChI=1S/C10H11N5O2/c1-6(7-3-2-4-8(16)5-7)11-10(17)9-12-14-15-13-9/h2-6,16H,1H3,(H,11,17)(H,12,13,14,15). The number of carbonyl (C=O) groups is 1. The van der Waals surface area contributed by atoms with Crippen molar-refractivity contribution in [1.82, 2.24) is 25.9 Å². The topological polar surface area (TPSA) is 104 Å². The Kier molecular flexibility index (Phi) is 2.99. The largest absolute Gasteiger partial charge is 0.508 e. The van der Waals surface area contributed by atoms with Gasteiger partial charge in [-0.1, -0.05) is 12.1 Å². The first kappa shape index (κ1) is 11.1. The number of carbonyl (C=O) groups excluding carboxylic acids is 1. The SMILES string of the molecule is CC(NC(=O)c1nn[nH]n1)c1cccc(O)c1. The fraction of sp³-hybridized carbons (Fsp3) is 0.200. The van der Waals surface area contributed by atoms with Crippen molar-refractivity contribution in [3.8, 4) is 5.75 Å². The van der Waals surface area contributed by atoms with Gasteiger partial charge >= 0.3 is 0 Å². The van der Waals surface area contributed by atoms with E-state index in [9.17, 15) is 9.90 Å². The molecule has 0 radical (unpaired) electrons. The number of phenolic OH excluding ortho intramolecular Hbond substituents is 1. The molecule has 7 heteroatoms. The maximum Gasteiger partial charge on any atom is 0.293 e. The molecule has 1 atom stereocenters. The molecule has 1 heterocycles. The molecule has 88 valence electrons. The van der Waals surface area contributed by atoms with Crippen LogP contribution in [0.2, 0.25) is 0 Å². The van der Waals surface area contributed by atoms with Crippen molar-refractivity contribution in [2.24, 2.45) is 0 Å². The summed E-state index contributed by atoms with van der Waals surface area (Å²) in [6.07, 6.45) is 0. The molecule has 17 heavy (non-hydrogen) atoms. The summed E-state index contributed by atoms with van der Waals surface area (Å²) in [5.41, 5.74) is 0.793. The van der Waals surface area contributed by atoms with E-state index in [1.807, 2.05) is 0 Å². The molecule has 0 fully saturated rings. The molecule has 0 saturated heterocycles.